The molecule has 0 spiro atoms. The van der Waals surface area contributed by atoms with E-state index in [2.05, 4.69) is 39.7 Å². The van der Waals surface area contributed by atoms with Crippen LogP contribution in [0.4, 0.5) is 0 Å². The predicted molar refractivity (Wildman–Crippen MR) is 86.8 cm³/mol. The molecular formula is C13H14IN3O2S. The summed E-state index contributed by atoms with van der Waals surface area (Å²) in [5.74, 6) is -0.0603. The van der Waals surface area contributed by atoms with Crippen molar-refractivity contribution in [1.29, 1.82) is 0 Å². The molecule has 1 aromatic heterocycles. The van der Waals surface area contributed by atoms with Gasteiger partial charge in [-0.05, 0) is 35.1 Å². The fourth-order valence-corrected chi connectivity index (χ4v) is 3.10. The van der Waals surface area contributed by atoms with Gasteiger partial charge in [-0.1, -0.05) is 36.9 Å². The summed E-state index contributed by atoms with van der Waals surface area (Å²) in [6.07, 6.45) is 0.940. The van der Waals surface area contributed by atoms with Gasteiger partial charge in [-0.15, -0.1) is 10.2 Å². The number of hydrogen-bond acceptors (Lipinski definition) is 4. The number of aromatic nitrogens is 3. The van der Waals surface area contributed by atoms with Crippen LogP contribution in [0.25, 0.3) is 11.4 Å². The number of thioether (sulfide) groups is 1. The Kier molecular flexibility index (Phi) is 5.41. The van der Waals surface area contributed by atoms with Gasteiger partial charge < -0.3 is 9.67 Å². The molecular weight excluding hydrogens is 389 g/mol. The van der Waals surface area contributed by atoms with Crippen molar-refractivity contribution in [1.82, 2.24) is 14.8 Å². The Hall–Kier alpha value is -1.09. The molecule has 20 heavy (non-hydrogen) atoms. The minimum Gasteiger partial charge on any atom is -0.481 e. The summed E-state index contributed by atoms with van der Waals surface area (Å²) >= 11 is 3.47. The van der Waals surface area contributed by atoms with Gasteiger partial charge in [-0.2, -0.15) is 0 Å². The fourth-order valence-electron chi connectivity index (χ4n) is 1.79. The third-order valence-corrected chi connectivity index (χ3v) is 4.50. The van der Waals surface area contributed by atoms with Crippen LogP contribution in [-0.4, -0.2) is 31.6 Å². The lowest BCUT2D eigenvalue weighted by Gasteiger charge is -2.09. The molecule has 0 radical (unpaired) electrons. The van der Waals surface area contributed by atoms with Crippen molar-refractivity contribution in [3.8, 4) is 11.4 Å². The van der Waals surface area contributed by atoms with Crippen molar-refractivity contribution in [2.45, 2.75) is 25.0 Å². The predicted octanol–water partition coefficient (Wildman–Crippen LogP) is 3.14. The second-order valence-electron chi connectivity index (χ2n) is 4.12. The van der Waals surface area contributed by atoms with Gasteiger partial charge in [-0.3, -0.25) is 4.79 Å². The highest BCUT2D eigenvalue weighted by atomic mass is 127. The van der Waals surface area contributed by atoms with E-state index < -0.39 is 5.97 Å². The summed E-state index contributed by atoms with van der Waals surface area (Å²) in [4.78, 5) is 10.7. The minimum absolute atomic E-state index is 0.00622. The third-order valence-electron chi connectivity index (χ3n) is 2.60. The molecule has 0 fully saturated rings. The molecule has 7 heteroatoms. The molecule has 1 N–H and O–H groups in total. The first kappa shape index (κ1) is 15.3. The second kappa shape index (κ2) is 7.07. The average Bonchev–Trinajstić information content (AvgIpc) is 2.80. The van der Waals surface area contributed by atoms with E-state index in [1.807, 2.05) is 28.8 Å². The van der Waals surface area contributed by atoms with E-state index >= 15 is 0 Å². The van der Waals surface area contributed by atoms with Gasteiger partial charge in [0.2, 0.25) is 0 Å². The average molecular weight is 403 g/mol. The van der Waals surface area contributed by atoms with E-state index in [1.54, 1.807) is 0 Å². The third kappa shape index (κ3) is 3.51. The number of aliphatic carboxylic acids is 1. The lowest BCUT2D eigenvalue weighted by molar-refractivity contribution is -0.133. The van der Waals surface area contributed by atoms with E-state index in [0.717, 1.165) is 27.9 Å². The van der Waals surface area contributed by atoms with Gasteiger partial charge in [0.1, 0.15) is 0 Å². The van der Waals surface area contributed by atoms with Crippen LogP contribution in [0.5, 0.6) is 0 Å². The molecule has 0 aliphatic carbocycles. The first-order valence-corrected chi connectivity index (χ1v) is 8.22. The Bertz CT molecular complexity index is 615. The zero-order chi connectivity index (χ0) is 14.5. The number of halogens is 1. The Balaban J connectivity index is 2.38. The molecule has 0 bridgehead atoms. The zero-order valence-corrected chi connectivity index (χ0v) is 13.9. The van der Waals surface area contributed by atoms with Crippen LogP contribution in [0.3, 0.4) is 0 Å². The molecule has 2 aromatic rings. The van der Waals surface area contributed by atoms with Crippen LogP contribution in [-0.2, 0) is 11.3 Å². The molecule has 0 saturated heterocycles. The van der Waals surface area contributed by atoms with Crippen LogP contribution >= 0.6 is 34.4 Å². The Morgan fingerprint density at radius 3 is 2.80 bits per heavy atom. The summed E-state index contributed by atoms with van der Waals surface area (Å²) in [6.45, 7) is 2.85. The van der Waals surface area contributed by atoms with Gasteiger partial charge in [0.05, 0.1) is 5.75 Å². The summed E-state index contributed by atoms with van der Waals surface area (Å²) in [5.41, 5.74) is 1.02. The molecule has 0 aliphatic heterocycles. The monoisotopic (exact) mass is 403 g/mol. The number of hydrogen-bond donors (Lipinski definition) is 1. The summed E-state index contributed by atoms with van der Waals surface area (Å²) in [7, 11) is 0. The van der Waals surface area contributed by atoms with Crippen molar-refractivity contribution in [2.75, 3.05) is 5.75 Å². The van der Waals surface area contributed by atoms with Gasteiger partial charge in [0.15, 0.2) is 11.0 Å². The first-order chi connectivity index (χ1) is 9.63. The number of carboxylic acids is 1. The molecule has 0 atom stereocenters. The van der Waals surface area contributed by atoms with Gasteiger partial charge in [0.25, 0.3) is 0 Å². The Morgan fingerprint density at radius 1 is 1.40 bits per heavy atom. The van der Waals surface area contributed by atoms with Crippen molar-refractivity contribution in [3.63, 3.8) is 0 Å². The smallest absolute Gasteiger partial charge is 0.313 e. The SMILES string of the molecule is CCCn1c(SCC(=O)O)nnc1-c1ccccc1I. The number of benzene rings is 1. The standard InChI is InChI=1S/C13H14IN3O2S/c1-2-7-17-12(9-5-3-4-6-10(9)14)15-16-13(17)20-8-11(18)19/h3-6H,2,7-8H2,1H3,(H,18,19). The molecule has 106 valence electrons. The van der Waals surface area contributed by atoms with Crippen LogP contribution in [0.1, 0.15) is 13.3 Å². The first-order valence-electron chi connectivity index (χ1n) is 6.16. The van der Waals surface area contributed by atoms with Crippen molar-refractivity contribution in [3.05, 3.63) is 27.8 Å². The van der Waals surface area contributed by atoms with Crippen LogP contribution in [0.15, 0.2) is 29.4 Å². The number of carbonyl (C=O) groups is 1. The van der Waals surface area contributed by atoms with Gasteiger partial charge in [0, 0.05) is 15.7 Å². The van der Waals surface area contributed by atoms with E-state index in [-0.39, 0.29) is 5.75 Å². The lowest BCUT2D eigenvalue weighted by atomic mass is 10.2. The minimum atomic E-state index is -0.850. The van der Waals surface area contributed by atoms with Crippen molar-refractivity contribution in [2.24, 2.45) is 0 Å². The quantitative estimate of drug-likeness (QED) is 0.593. The highest BCUT2D eigenvalue weighted by Crippen LogP contribution is 2.27. The maximum atomic E-state index is 10.7. The molecule has 0 amide bonds. The summed E-state index contributed by atoms with van der Waals surface area (Å²) in [5, 5.41) is 17.8. The topological polar surface area (TPSA) is 68.0 Å². The zero-order valence-electron chi connectivity index (χ0n) is 10.9. The fraction of sp³-hybridized carbons (Fsp3) is 0.308. The van der Waals surface area contributed by atoms with Crippen LogP contribution in [0, 0.1) is 3.57 Å². The molecule has 2 rings (SSSR count). The Labute approximate surface area is 134 Å². The second-order valence-corrected chi connectivity index (χ2v) is 6.22. The Morgan fingerprint density at radius 2 is 2.15 bits per heavy atom. The molecule has 0 aliphatic rings. The van der Waals surface area contributed by atoms with E-state index in [9.17, 15) is 4.79 Å². The highest BCUT2D eigenvalue weighted by Gasteiger charge is 2.16. The lowest BCUT2D eigenvalue weighted by Crippen LogP contribution is -2.05. The van der Waals surface area contributed by atoms with E-state index in [4.69, 9.17) is 5.11 Å². The van der Waals surface area contributed by atoms with Gasteiger partial charge in [-0.25, -0.2) is 0 Å². The molecule has 1 aromatic carbocycles. The number of carboxylic acid groups (broad SMARTS) is 1. The van der Waals surface area contributed by atoms with E-state index in [1.165, 1.54) is 11.8 Å². The molecule has 0 unspecified atom stereocenters. The van der Waals surface area contributed by atoms with Crippen LogP contribution < -0.4 is 0 Å². The van der Waals surface area contributed by atoms with Crippen molar-refractivity contribution >= 4 is 40.3 Å². The normalized spacial score (nSPS) is 10.7. The molecule has 5 nitrogen and oxygen atoms in total. The summed E-state index contributed by atoms with van der Waals surface area (Å²) in [6, 6.07) is 7.97. The molecule has 0 saturated carbocycles. The largest absolute Gasteiger partial charge is 0.481 e. The van der Waals surface area contributed by atoms with Gasteiger partial charge >= 0.3 is 5.97 Å². The number of nitrogens with zero attached hydrogens (tertiary/aromatic N) is 3. The molecule has 1 heterocycles. The van der Waals surface area contributed by atoms with E-state index in [0.29, 0.717) is 5.16 Å². The highest BCUT2D eigenvalue weighted by molar-refractivity contribution is 14.1. The maximum Gasteiger partial charge on any atom is 0.313 e. The van der Waals surface area contributed by atoms with Crippen LogP contribution in [0.2, 0.25) is 0 Å². The number of rotatable bonds is 6. The summed E-state index contributed by atoms with van der Waals surface area (Å²) < 4.78 is 3.09. The maximum absolute atomic E-state index is 10.7. The van der Waals surface area contributed by atoms with Crippen molar-refractivity contribution < 1.29 is 9.90 Å².